The minimum Gasteiger partial charge on any atom is -0.346 e. The number of anilines is 2. The molecule has 9 heteroatoms. The predicted octanol–water partition coefficient (Wildman–Crippen LogP) is 1.70. The van der Waals surface area contributed by atoms with Crippen molar-refractivity contribution in [2.24, 2.45) is 0 Å². The molecule has 1 atom stereocenters. The Labute approximate surface area is 204 Å². The molecule has 1 unspecified atom stereocenters. The maximum Gasteiger partial charge on any atom is 0.313 e. The summed E-state index contributed by atoms with van der Waals surface area (Å²) in [7, 11) is 2.07. The molecule has 3 aliphatic heterocycles. The molecular formula is C26H30FN5O3. The summed E-state index contributed by atoms with van der Waals surface area (Å²) < 4.78 is 13.5. The van der Waals surface area contributed by atoms with Gasteiger partial charge in [0.15, 0.2) is 0 Å². The van der Waals surface area contributed by atoms with E-state index in [-0.39, 0.29) is 24.3 Å². The summed E-state index contributed by atoms with van der Waals surface area (Å²) in [5.74, 6) is -1.61. The first kappa shape index (κ1) is 23.4. The van der Waals surface area contributed by atoms with Crippen LogP contribution < -0.4 is 15.5 Å². The molecule has 2 N–H and O–H groups in total. The number of amides is 3. The minimum absolute atomic E-state index is 0.142. The van der Waals surface area contributed by atoms with E-state index in [0.717, 1.165) is 55.0 Å². The summed E-state index contributed by atoms with van der Waals surface area (Å²) in [5.41, 5.74) is 4.50. The minimum atomic E-state index is -0.727. The zero-order valence-corrected chi connectivity index (χ0v) is 19.8. The first-order chi connectivity index (χ1) is 16.9. The van der Waals surface area contributed by atoms with Crippen molar-refractivity contribution in [3.63, 3.8) is 0 Å². The van der Waals surface area contributed by atoms with E-state index in [4.69, 9.17) is 0 Å². The Morgan fingerprint density at radius 3 is 2.34 bits per heavy atom. The number of halogens is 1. The van der Waals surface area contributed by atoms with Crippen LogP contribution in [-0.4, -0.2) is 73.8 Å². The number of hydrogen-bond donors (Lipinski definition) is 2. The fourth-order valence-electron chi connectivity index (χ4n) is 5.26. The molecule has 3 aliphatic rings. The zero-order chi connectivity index (χ0) is 24.5. The average molecular weight is 480 g/mol. The summed E-state index contributed by atoms with van der Waals surface area (Å²) in [6, 6.07) is 9.86. The molecule has 8 nitrogen and oxygen atoms in total. The Balaban J connectivity index is 1.25. The van der Waals surface area contributed by atoms with E-state index in [9.17, 15) is 18.8 Å². The molecule has 3 heterocycles. The van der Waals surface area contributed by atoms with Gasteiger partial charge in [-0.2, -0.15) is 0 Å². The zero-order valence-electron chi connectivity index (χ0n) is 19.8. The van der Waals surface area contributed by atoms with Crippen molar-refractivity contribution in [2.75, 3.05) is 56.5 Å². The maximum atomic E-state index is 13.5. The second-order valence-electron chi connectivity index (χ2n) is 9.51. The average Bonchev–Trinajstić information content (AvgIpc) is 3.29. The molecule has 3 amide bonds. The van der Waals surface area contributed by atoms with Crippen molar-refractivity contribution in [1.29, 1.82) is 0 Å². The van der Waals surface area contributed by atoms with Crippen molar-refractivity contribution >= 4 is 29.1 Å². The van der Waals surface area contributed by atoms with Crippen molar-refractivity contribution in [1.82, 2.24) is 15.1 Å². The Morgan fingerprint density at radius 1 is 0.943 bits per heavy atom. The number of likely N-dealkylation sites (N-methyl/N-ethyl adjacent to an activating group) is 1. The van der Waals surface area contributed by atoms with Gasteiger partial charge in [0.1, 0.15) is 5.82 Å². The topological polar surface area (TPSA) is 85.0 Å². The lowest BCUT2D eigenvalue weighted by Gasteiger charge is -2.38. The number of benzene rings is 2. The van der Waals surface area contributed by atoms with Crippen LogP contribution in [0.3, 0.4) is 0 Å². The first-order valence-electron chi connectivity index (χ1n) is 12.1. The van der Waals surface area contributed by atoms with Crippen LogP contribution in [0.15, 0.2) is 36.4 Å². The SMILES string of the molecule is CN1CCN(C(CNC(=O)C(=O)Nc2cc3c4c(c2)CCN4C(=O)CC3)c2ccc(F)cc2)CC1. The van der Waals surface area contributed by atoms with Gasteiger partial charge >= 0.3 is 11.8 Å². The molecule has 0 spiro atoms. The van der Waals surface area contributed by atoms with Crippen LogP contribution in [0.2, 0.25) is 0 Å². The maximum absolute atomic E-state index is 13.5. The Bertz CT molecular complexity index is 1140. The fourth-order valence-corrected chi connectivity index (χ4v) is 5.26. The highest BCUT2D eigenvalue weighted by atomic mass is 19.1. The van der Waals surface area contributed by atoms with Gasteiger partial charge in [-0.05, 0) is 60.8 Å². The summed E-state index contributed by atoms with van der Waals surface area (Å²) in [6.45, 7) is 4.34. The summed E-state index contributed by atoms with van der Waals surface area (Å²) in [5, 5.41) is 5.50. The van der Waals surface area contributed by atoms with E-state index in [2.05, 4.69) is 27.5 Å². The van der Waals surface area contributed by atoms with E-state index in [1.807, 2.05) is 17.0 Å². The van der Waals surface area contributed by atoms with Crippen molar-refractivity contribution < 1.29 is 18.8 Å². The lowest BCUT2D eigenvalue weighted by atomic mass is 9.98. The molecule has 184 valence electrons. The molecule has 1 saturated heterocycles. The van der Waals surface area contributed by atoms with E-state index in [1.165, 1.54) is 12.1 Å². The van der Waals surface area contributed by atoms with E-state index in [1.54, 1.807) is 12.1 Å². The van der Waals surface area contributed by atoms with Gasteiger partial charge in [0.25, 0.3) is 0 Å². The molecule has 35 heavy (non-hydrogen) atoms. The van der Waals surface area contributed by atoms with Gasteiger partial charge in [-0.25, -0.2) is 4.39 Å². The molecule has 2 aromatic carbocycles. The van der Waals surface area contributed by atoms with Crippen LogP contribution in [0.4, 0.5) is 15.8 Å². The summed E-state index contributed by atoms with van der Waals surface area (Å²) in [6.07, 6.45) is 1.84. The summed E-state index contributed by atoms with van der Waals surface area (Å²) in [4.78, 5) is 43.8. The monoisotopic (exact) mass is 479 g/mol. The number of nitrogens with one attached hydrogen (secondary N) is 2. The smallest absolute Gasteiger partial charge is 0.313 e. The third-order valence-corrected chi connectivity index (χ3v) is 7.21. The molecular weight excluding hydrogens is 449 g/mol. The molecule has 0 bridgehead atoms. The number of rotatable bonds is 5. The Kier molecular flexibility index (Phi) is 6.53. The molecule has 0 aromatic heterocycles. The van der Waals surface area contributed by atoms with Gasteiger partial charge in [0, 0.05) is 51.4 Å². The number of carbonyl (C=O) groups is 3. The van der Waals surface area contributed by atoms with Gasteiger partial charge in [-0.15, -0.1) is 0 Å². The molecule has 0 aliphatic carbocycles. The Morgan fingerprint density at radius 2 is 1.63 bits per heavy atom. The van der Waals surface area contributed by atoms with Crippen LogP contribution in [0.1, 0.15) is 29.2 Å². The second-order valence-corrected chi connectivity index (χ2v) is 9.51. The summed E-state index contributed by atoms with van der Waals surface area (Å²) >= 11 is 0. The van der Waals surface area contributed by atoms with Gasteiger partial charge in [0.2, 0.25) is 5.91 Å². The molecule has 0 radical (unpaired) electrons. The highest BCUT2D eigenvalue weighted by molar-refractivity contribution is 6.39. The van der Waals surface area contributed by atoms with Crippen molar-refractivity contribution in [3.8, 4) is 0 Å². The van der Waals surface area contributed by atoms with Crippen molar-refractivity contribution in [2.45, 2.75) is 25.3 Å². The third-order valence-electron chi connectivity index (χ3n) is 7.21. The van der Waals surface area contributed by atoms with Crippen LogP contribution in [-0.2, 0) is 27.2 Å². The second kappa shape index (κ2) is 9.75. The van der Waals surface area contributed by atoms with Crippen LogP contribution in [0, 0.1) is 5.82 Å². The standard InChI is InChI=1S/C26H30FN5O3/c1-30-10-12-31(13-11-30)22(17-2-5-20(27)6-3-17)16-28-25(34)26(35)29-21-14-18-4-7-23(33)32-9-8-19(15-21)24(18)32/h2-3,5-6,14-15,22H,4,7-13,16H2,1H3,(H,28,34)(H,29,35). The van der Waals surface area contributed by atoms with Crippen LogP contribution in [0.5, 0.6) is 0 Å². The van der Waals surface area contributed by atoms with Gasteiger partial charge in [0.05, 0.1) is 11.7 Å². The number of carbonyl (C=O) groups excluding carboxylic acids is 3. The fraction of sp³-hybridized carbons (Fsp3) is 0.423. The quantitative estimate of drug-likeness (QED) is 0.638. The first-order valence-corrected chi connectivity index (χ1v) is 12.1. The van der Waals surface area contributed by atoms with Crippen LogP contribution in [0.25, 0.3) is 0 Å². The molecule has 0 saturated carbocycles. The number of aryl methyl sites for hydroxylation is 1. The predicted molar refractivity (Wildman–Crippen MR) is 131 cm³/mol. The highest BCUT2D eigenvalue weighted by Gasteiger charge is 2.32. The van der Waals surface area contributed by atoms with Crippen molar-refractivity contribution in [3.05, 3.63) is 58.9 Å². The molecule has 2 aromatic rings. The lowest BCUT2D eigenvalue weighted by molar-refractivity contribution is -0.136. The van der Waals surface area contributed by atoms with Gasteiger partial charge < -0.3 is 20.4 Å². The number of piperazine rings is 1. The van der Waals surface area contributed by atoms with Gasteiger partial charge in [-0.3, -0.25) is 19.3 Å². The van der Waals surface area contributed by atoms with E-state index >= 15 is 0 Å². The molecule has 5 rings (SSSR count). The van der Waals surface area contributed by atoms with E-state index in [0.29, 0.717) is 25.1 Å². The normalized spacial score (nSPS) is 18.8. The van der Waals surface area contributed by atoms with E-state index < -0.39 is 11.8 Å². The molecule has 1 fully saturated rings. The van der Waals surface area contributed by atoms with Crippen LogP contribution >= 0.6 is 0 Å². The number of hydrogen-bond acceptors (Lipinski definition) is 5. The highest BCUT2D eigenvalue weighted by Crippen LogP contribution is 2.38. The van der Waals surface area contributed by atoms with Gasteiger partial charge in [-0.1, -0.05) is 12.1 Å². The largest absolute Gasteiger partial charge is 0.346 e. The third kappa shape index (κ3) is 4.92. The Hall–Kier alpha value is -3.30. The lowest BCUT2D eigenvalue weighted by Crippen LogP contribution is -2.49. The number of nitrogens with zero attached hydrogens (tertiary/aromatic N) is 3.